The Bertz CT molecular complexity index is 1410. The first kappa shape index (κ1) is 24.9. The molecule has 0 atom stereocenters. The normalized spacial score (nSPS) is 10.4. The molecule has 3 N–H and O–H groups in total. The topological polar surface area (TPSA) is 123 Å². The van der Waals surface area contributed by atoms with Gasteiger partial charge in [0.25, 0.3) is 0 Å². The van der Waals surface area contributed by atoms with Crippen LogP contribution in [0.25, 0.3) is 16.0 Å². The van der Waals surface area contributed by atoms with E-state index in [1.54, 1.807) is 37.6 Å². The van der Waals surface area contributed by atoms with Crippen molar-refractivity contribution < 1.29 is 9.47 Å². The number of methoxy groups -OCH3 is 1. The second kappa shape index (κ2) is 12.0. The van der Waals surface area contributed by atoms with Crippen molar-refractivity contribution in [1.82, 2.24) is 15.0 Å². The molecule has 0 saturated heterocycles. The average Bonchev–Trinajstić information content (AvgIpc) is 3.35. The predicted molar refractivity (Wildman–Crippen MR) is 142 cm³/mol. The molecule has 0 radical (unpaired) electrons. The van der Waals surface area contributed by atoms with Crippen LogP contribution in [-0.2, 0) is 10.5 Å². The number of hydrogen-bond acceptors (Lipinski definition) is 10. The van der Waals surface area contributed by atoms with Gasteiger partial charge in [-0.15, -0.1) is 11.3 Å². The summed E-state index contributed by atoms with van der Waals surface area (Å²) in [7, 11) is 1.61. The van der Waals surface area contributed by atoms with Gasteiger partial charge in [-0.3, -0.25) is 0 Å². The molecule has 11 heteroatoms. The van der Waals surface area contributed by atoms with Crippen molar-refractivity contribution in [3.05, 3.63) is 76.7 Å². The lowest BCUT2D eigenvalue weighted by Gasteiger charge is -2.13. The lowest BCUT2D eigenvalue weighted by Crippen LogP contribution is -2.04. The third-order valence-electron chi connectivity index (χ3n) is 4.90. The first-order valence-corrected chi connectivity index (χ1v) is 12.6. The quantitative estimate of drug-likeness (QED) is 0.156. The van der Waals surface area contributed by atoms with Crippen LogP contribution in [0.1, 0.15) is 11.3 Å². The van der Waals surface area contributed by atoms with Crippen LogP contribution in [0.15, 0.2) is 59.1 Å². The second-order valence-electron chi connectivity index (χ2n) is 7.26. The lowest BCUT2D eigenvalue weighted by molar-refractivity contribution is 0.146. The van der Waals surface area contributed by atoms with Gasteiger partial charge >= 0.3 is 0 Å². The van der Waals surface area contributed by atoms with E-state index in [0.717, 1.165) is 5.69 Å². The SMILES string of the molecule is [C-]#[N+]c1c(N)nc(SCc2csc(Nc3ccccn3)n2)c(C#N)c1-c1ccc(OCCOC)cc1. The minimum absolute atomic E-state index is 0.0812. The maximum absolute atomic E-state index is 10.0. The van der Waals surface area contributed by atoms with Crippen molar-refractivity contribution in [2.45, 2.75) is 10.8 Å². The number of nitrogens with one attached hydrogen (secondary N) is 1. The molecule has 3 aromatic heterocycles. The van der Waals surface area contributed by atoms with Gasteiger partial charge in [0.05, 0.1) is 24.4 Å². The fourth-order valence-electron chi connectivity index (χ4n) is 3.25. The molecule has 0 aliphatic carbocycles. The highest BCUT2D eigenvalue weighted by Crippen LogP contribution is 2.42. The number of aromatic nitrogens is 3. The molecule has 180 valence electrons. The van der Waals surface area contributed by atoms with Gasteiger partial charge < -0.3 is 20.5 Å². The number of pyridine rings is 2. The average molecular weight is 516 g/mol. The van der Waals surface area contributed by atoms with Crippen LogP contribution in [0.3, 0.4) is 0 Å². The molecule has 0 amide bonds. The van der Waals surface area contributed by atoms with E-state index in [0.29, 0.717) is 57.4 Å². The number of rotatable bonds is 10. The standard InChI is InChI=1S/C25H21N7O2S2/c1-28-22-21(16-6-8-18(9-7-16)34-12-11-33-2)19(13-26)24(32-23(22)27)35-14-17-15-36-25(30-17)31-20-5-3-4-10-29-20/h3-10,15H,11-12,14H2,2H3,(H2,27,32)(H,29,30,31). The largest absolute Gasteiger partial charge is 0.491 e. The maximum Gasteiger partial charge on any atom is 0.236 e. The Morgan fingerprint density at radius 3 is 2.72 bits per heavy atom. The molecule has 3 heterocycles. The van der Waals surface area contributed by atoms with Crippen LogP contribution in [0.5, 0.6) is 5.75 Å². The molecule has 0 aliphatic rings. The lowest BCUT2D eigenvalue weighted by atomic mass is 10.00. The molecule has 0 saturated carbocycles. The Kier molecular flexibility index (Phi) is 8.32. The Balaban J connectivity index is 1.57. The minimum atomic E-state index is 0.0812. The number of nitrogens with zero attached hydrogens (tertiary/aromatic N) is 5. The van der Waals surface area contributed by atoms with Gasteiger partial charge in [-0.2, -0.15) is 5.26 Å². The van der Waals surface area contributed by atoms with Crippen LogP contribution >= 0.6 is 23.1 Å². The van der Waals surface area contributed by atoms with Gasteiger partial charge in [0.15, 0.2) is 5.13 Å². The number of nitrogen functional groups attached to an aromatic ring is 1. The van der Waals surface area contributed by atoms with Crippen molar-refractivity contribution in [3.8, 4) is 22.9 Å². The van der Waals surface area contributed by atoms with E-state index >= 15 is 0 Å². The molecule has 0 unspecified atom stereocenters. The number of benzene rings is 1. The van der Waals surface area contributed by atoms with Crippen LogP contribution in [0.2, 0.25) is 0 Å². The summed E-state index contributed by atoms with van der Waals surface area (Å²) in [4.78, 5) is 16.8. The number of nitrogens with two attached hydrogens (primary N) is 1. The van der Waals surface area contributed by atoms with Gasteiger partial charge in [-0.05, 0) is 29.8 Å². The van der Waals surface area contributed by atoms with Gasteiger partial charge in [0.2, 0.25) is 5.69 Å². The van der Waals surface area contributed by atoms with E-state index in [1.165, 1.54) is 23.1 Å². The van der Waals surface area contributed by atoms with Crippen molar-refractivity contribution in [2.75, 3.05) is 31.4 Å². The summed E-state index contributed by atoms with van der Waals surface area (Å²) >= 11 is 2.81. The molecule has 1 aromatic carbocycles. The van der Waals surface area contributed by atoms with E-state index < -0.39 is 0 Å². The van der Waals surface area contributed by atoms with E-state index in [-0.39, 0.29) is 11.5 Å². The summed E-state index contributed by atoms with van der Waals surface area (Å²) in [5, 5.41) is 16.3. The molecular formula is C25H21N7O2S2. The van der Waals surface area contributed by atoms with Crippen LogP contribution in [0.4, 0.5) is 22.5 Å². The number of thioether (sulfide) groups is 1. The van der Waals surface area contributed by atoms with Gasteiger partial charge in [-0.1, -0.05) is 30.0 Å². The molecular weight excluding hydrogens is 494 g/mol. The first-order valence-electron chi connectivity index (χ1n) is 10.7. The van der Waals surface area contributed by atoms with Crippen molar-refractivity contribution in [1.29, 1.82) is 5.26 Å². The van der Waals surface area contributed by atoms with Crippen molar-refractivity contribution in [2.24, 2.45) is 0 Å². The molecule has 4 rings (SSSR count). The smallest absolute Gasteiger partial charge is 0.236 e. The van der Waals surface area contributed by atoms with Crippen LogP contribution in [-0.4, -0.2) is 35.3 Å². The Morgan fingerprint density at radius 1 is 1.19 bits per heavy atom. The van der Waals surface area contributed by atoms with Crippen molar-refractivity contribution >= 4 is 45.6 Å². The second-order valence-corrected chi connectivity index (χ2v) is 9.08. The number of thiazole rings is 1. The zero-order chi connectivity index (χ0) is 25.3. The summed E-state index contributed by atoms with van der Waals surface area (Å²) < 4.78 is 10.6. The highest BCUT2D eigenvalue weighted by atomic mass is 32.2. The molecule has 0 bridgehead atoms. The molecule has 0 spiro atoms. The zero-order valence-corrected chi connectivity index (χ0v) is 20.9. The third-order valence-corrected chi connectivity index (χ3v) is 6.71. The first-order chi connectivity index (χ1) is 17.6. The number of nitriles is 1. The highest BCUT2D eigenvalue weighted by molar-refractivity contribution is 7.98. The van der Waals surface area contributed by atoms with Crippen LogP contribution < -0.4 is 15.8 Å². The minimum Gasteiger partial charge on any atom is -0.491 e. The summed E-state index contributed by atoms with van der Waals surface area (Å²) in [5.41, 5.74) is 8.56. The zero-order valence-electron chi connectivity index (χ0n) is 19.3. The fourth-order valence-corrected chi connectivity index (χ4v) is 4.96. The Morgan fingerprint density at radius 2 is 2.03 bits per heavy atom. The summed E-state index contributed by atoms with van der Waals surface area (Å²) in [6.45, 7) is 8.53. The summed E-state index contributed by atoms with van der Waals surface area (Å²) in [5.74, 6) is 1.93. The number of hydrogen-bond donors (Lipinski definition) is 2. The van der Waals surface area contributed by atoms with E-state index in [1.807, 2.05) is 23.6 Å². The third kappa shape index (κ3) is 5.90. The number of ether oxygens (including phenoxy) is 2. The molecule has 0 aliphatic heterocycles. The van der Waals surface area contributed by atoms with E-state index in [2.05, 4.69) is 31.2 Å². The molecule has 4 aromatic rings. The Labute approximate surface area is 216 Å². The Hall–Kier alpha value is -4.16. The van der Waals surface area contributed by atoms with E-state index in [4.69, 9.17) is 21.8 Å². The maximum atomic E-state index is 10.0. The van der Waals surface area contributed by atoms with Crippen molar-refractivity contribution in [3.63, 3.8) is 0 Å². The monoisotopic (exact) mass is 515 g/mol. The summed E-state index contributed by atoms with van der Waals surface area (Å²) in [6.07, 6.45) is 1.71. The molecule has 0 fully saturated rings. The van der Waals surface area contributed by atoms with Gasteiger partial charge in [0, 0.05) is 30.0 Å². The molecule has 36 heavy (non-hydrogen) atoms. The van der Waals surface area contributed by atoms with Crippen LogP contribution in [0, 0.1) is 17.9 Å². The predicted octanol–water partition coefficient (Wildman–Crippen LogP) is 5.67. The fraction of sp³-hybridized carbons (Fsp3) is 0.160. The number of anilines is 3. The van der Waals surface area contributed by atoms with Gasteiger partial charge in [-0.25, -0.2) is 19.8 Å². The highest BCUT2D eigenvalue weighted by Gasteiger charge is 2.21. The van der Waals surface area contributed by atoms with E-state index in [9.17, 15) is 5.26 Å². The molecule has 9 nitrogen and oxygen atoms in total. The van der Waals surface area contributed by atoms with Gasteiger partial charge in [0.1, 0.15) is 35.1 Å². The summed E-state index contributed by atoms with van der Waals surface area (Å²) in [6, 6.07) is 15.0.